The first-order valence-electron chi connectivity index (χ1n) is 20.3. The first-order chi connectivity index (χ1) is 29.6. The van der Waals surface area contributed by atoms with Crippen molar-refractivity contribution in [3.63, 3.8) is 0 Å². The van der Waals surface area contributed by atoms with Gasteiger partial charge in [0.2, 0.25) is 0 Å². The number of pyridine rings is 2. The second-order valence-corrected chi connectivity index (χ2v) is 17.1. The molecule has 300 valence electrons. The third-order valence-electron chi connectivity index (χ3n) is 12.9. The number of aryl methyl sites for hydroxylation is 4. The van der Waals surface area contributed by atoms with Gasteiger partial charge in [-0.3, -0.25) is 9.97 Å². The van der Waals surface area contributed by atoms with E-state index in [4.69, 9.17) is 0 Å². The molecule has 0 saturated heterocycles. The van der Waals surface area contributed by atoms with Crippen LogP contribution in [0, 0.1) is 27.7 Å². The summed E-state index contributed by atoms with van der Waals surface area (Å²) in [4.78, 5) is 8.90. The van der Waals surface area contributed by atoms with Crippen molar-refractivity contribution in [1.29, 1.82) is 0 Å². The number of halogens is 6. The van der Waals surface area contributed by atoms with Gasteiger partial charge < -0.3 is 0 Å². The Balaban J connectivity index is 1.24. The number of hydrogen-bond acceptors (Lipinski definition) is 2. The third-order valence-corrected chi connectivity index (χ3v) is 12.9. The van der Waals surface area contributed by atoms with Crippen molar-refractivity contribution in [2.24, 2.45) is 0 Å². The zero-order chi connectivity index (χ0) is 42.7. The molecule has 0 N–H and O–H groups in total. The topological polar surface area (TPSA) is 25.8 Å². The summed E-state index contributed by atoms with van der Waals surface area (Å²) in [7, 11) is 0. The van der Waals surface area contributed by atoms with Crippen LogP contribution in [0.2, 0.25) is 0 Å². The van der Waals surface area contributed by atoms with Crippen molar-refractivity contribution in [1.82, 2.24) is 9.97 Å². The van der Waals surface area contributed by atoms with Crippen LogP contribution in [0.4, 0.5) is 26.3 Å². The van der Waals surface area contributed by atoms with E-state index in [9.17, 15) is 26.3 Å². The van der Waals surface area contributed by atoms with Gasteiger partial charge in [-0.1, -0.05) is 48.5 Å². The number of benzene rings is 8. The second kappa shape index (κ2) is 12.3. The smallest absolute Gasteiger partial charge is 0.256 e. The predicted molar refractivity (Wildman–Crippen MR) is 238 cm³/mol. The Morgan fingerprint density at radius 2 is 0.613 bits per heavy atom. The lowest BCUT2D eigenvalue weighted by atomic mass is 9.86. The van der Waals surface area contributed by atoms with Gasteiger partial charge in [0.15, 0.2) is 0 Å². The fourth-order valence-corrected chi connectivity index (χ4v) is 10.4. The van der Waals surface area contributed by atoms with Crippen LogP contribution in [-0.4, -0.2) is 9.97 Å². The molecule has 8 aromatic carbocycles. The van der Waals surface area contributed by atoms with Gasteiger partial charge in [-0.05, 0) is 209 Å². The molecule has 0 bridgehead atoms. The van der Waals surface area contributed by atoms with E-state index in [1.165, 1.54) is 12.1 Å². The molecule has 0 radical (unpaired) electrons. The summed E-state index contributed by atoms with van der Waals surface area (Å²) in [5.74, 6) is 0. The summed E-state index contributed by atoms with van der Waals surface area (Å²) in [6.07, 6.45) is -7.36. The summed E-state index contributed by atoms with van der Waals surface area (Å²) >= 11 is 0. The molecule has 2 heterocycles. The zero-order valence-electron chi connectivity index (χ0n) is 33.7. The molecule has 2 nitrogen and oxygen atoms in total. The van der Waals surface area contributed by atoms with Crippen LogP contribution in [0.1, 0.15) is 33.4 Å². The van der Waals surface area contributed by atoms with Crippen molar-refractivity contribution >= 4 is 53.9 Å². The van der Waals surface area contributed by atoms with E-state index in [0.29, 0.717) is 22.5 Å². The van der Waals surface area contributed by atoms with Crippen molar-refractivity contribution in [3.05, 3.63) is 155 Å². The predicted octanol–water partition coefficient (Wildman–Crippen LogP) is 16.1. The molecular formula is C54H32F6N2. The number of aromatic nitrogens is 2. The second-order valence-electron chi connectivity index (χ2n) is 17.1. The highest BCUT2D eigenvalue weighted by Gasteiger charge is 2.33. The summed E-state index contributed by atoms with van der Waals surface area (Å²) in [5, 5.41) is 9.45. The van der Waals surface area contributed by atoms with E-state index in [2.05, 4.69) is 110 Å². The largest absolute Gasteiger partial charge is 0.417 e. The van der Waals surface area contributed by atoms with Crippen molar-refractivity contribution < 1.29 is 26.3 Å². The maximum atomic E-state index is 13.9. The van der Waals surface area contributed by atoms with Crippen LogP contribution in [0.3, 0.4) is 0 Å². The van der Waals surface area contributed by atoms with E-state index in [1.807, 2.05) is 12.1 Å². The maximum absolute atomic E-state index is 13.9. The Kier molecular flexibility index (Phi) is 7.28. The number of alkyl halides is 6. The molecule has 0 amide bonds. The highest BCUT2D eigenvalue weighted by molar-refractivity contribution is 6.29. The number of hydrogen-bond donors (Lipinski definition) is 0. The molecule has 62 heavy (non-hydrogen) atoms. The SMILES string of the molecule is Cc1cc2c3c(cc(C)cc3c1)-c1cc3c(cc1-2)c(-c1ccc(C(F)(F)F)cn1)cc1c2cc4c(cc2c(-c2ccc(C(F)(F)F)cn2)cc31)-c1cc(C)cc2cc(C)cc-4c12. The minimum atomic E-state index is -4.56. The summed E-state index contributed by atoms with van der Waals surface area (Å²) in [6.45, 7) is 8.30. The lowest BCUT2D eigenvalue weighted by Crippen LogP contribution is -2.05. The number of nitrogens with zero attached hydrogens (tertiary/aromatic N) is 2. The third kappa shape index (κ3) is 5.25. The molecule has 0 atom stereocenters. The minimum Gasteiger partial charge on any atom is -0.256 e. The van der Waals surface area contributed by atoms with Gasteiger partial charge in [0.25, 0.3) is 0 Å². The van der Waals surface area contributed by atoms with Gasteiger partial charge in [0.1, 0.15) is 0 Å². The molecule has 0 unspecified atom stereocenters. The molecule has 0 saturated carbocycles. The van der Waals surface area contributed by atoms with Crippen molar-refractivity contribution in [2.75, 3.05) is 0 Å². The van der Waals surface area contributed by atoms with Gasteiger partial charge in [-0.25, -0.2) is 0 Å². The lowest BCUT2D eigenvalue weighted by molar-refractivity contribution is -0.138. The molecular weight excluding hydrogens is 791 g/mol. The van der Waals surface area contributed by atoms with Crippen LogP contribution >= 0.6 is 0 Å². The Morgan fingerprint density at radius 3 is 0.903 bits per heavy atom. The van der Waals surface area contributed by atoms with Gasteiger partial charge in [-0.2, -0.15) is 26.3 Å². The Morgan fingerprint density at radius 1 is 0.323 bits per heavy atom. The van der Waals surface area contributed by atoms with Crippen LogP contribution in [0.15, 0.2) is 122 Å². The molecule has 12 rings (SSSR count). The van der Waals surface area contributed by atoms with E-state index in [0.717, 1.165) is 145 Å². The first-order valence-corrected chi connectivity index (χ1v) is 20.3. The molecule has 0 aliphatic heterocycles. The summed E-state index contributed by atoms with van der Waals surface area (Å²) in [5.41, 5.74) is 13.3. The molecule has 0 fully saturated rings. The van der Waals surface area contributed by atoms with Crippen LogP contribution in [-0.2, 0) is 12.4 Å². The van der Waals surface area contributed by atoms with E-state index in [1.54, 1.807) is 0 Å². The van der Waals surface area contributed by atoms with Gasteiger partial charge >= 0.3 is 12.4 Å². The fourth-order valence-electron chi connectivity index (χ4n) is 10.4. The minimum absolute atomic E-state index is 0.386. The fraction of sp³-hybridized carbons (Fsp3) is 0.111. The zero-order valence-corrected chi connectivity index (χ0v) is 33.7. The van der Waals surface area contributed by atoms with Crippen LogP contribution < -0.4 is 0 Å². The monoisotopic (exact) mass is 822 g/mol. The number of fused-ring (bicyclic) bond motifs is 11. The summed E-state index contributed by atoms with van der Waals surface area (Å²) < 4.78 is 83.4. The van der Waals surface area contributed by atoms with E-state index in [-0.39, 0.29) is 0 Å². The quantitative estimate of drug-likeness (QED) is 0.128. The molecule has 2 aliphatic carbocycles. The van der Waals surface area contributed by atoms with E-state index >= 15 is 0 Å². The summed E-state index contributed by atoms with van der Waals surface area (Å²) in [6, 6.07) is 35.2. The maximum Gasteiger partial charge on any atom is 0.417 e. The molecule has 8 heteroatoms. The number of rotatable bonds is 2. The highest BCUT2D eigenvalue weighted by Crippen LogP contribution is 2.54. The molecule has 10 aromatic rings. The highest BCUT2D eigenvalue weighted by atomic mass is 19.4. The first kappa shape index (κ1) is 36.8. The lowest BCUT2D eigenvalue weighted by Gasteiger charge is -2.18. The Hall–Kier alpha value is -7.06. The van der Waals surface area contributed by atoms with Gasteiger partial charge in [0, 0.05) is 23.5 Å². The average Bonchev–Trinajstić information content (AvgIpc) is 3.69. The molecule has 2 aromatic heterocycles. The van der Waals surface area contributed by atoms with Crippen molar-refractivity contribution in [2.45, 2.75) is 40.0 Å². The Bertz CT molecular complexity index is 3420. The van der Waals surface area contributed by atoms with Crippen LogP contribution in [0.25, 0.3) is 121 Å². The normalized spacial score (nSPS) is 13.0. The average molecular weight is 823 g/mol. The van der Waals surface area contributed by atoms with Crippen LogP contribution in [0.5, 0.6) is 0 Å². The molecule has 2 aliphatic rings. The molecule has 0 spiro atoms. The Labute approximate surface area is 351 Å². The van der Waals surface area contributed by atoms with Crippen molar-refractivity contribution in [3.8, 4) is 67.0 Å². The van der Waals surface area contributed by atoms with Gasteiger partial charge in [0.05, 0.1) is 22.5 Å². The van der Waals surface area contributed by atoms with Gasteiger partial charge in [-0.15, -0.1) is 0 Å². The standard InChI is InChI=1S/C54H32F6N2/c1-25-9-29-11-27(3)15-47-41-19-37-33(17-39(41)45(13-25)51(29)47)35-21-44(50-8-6-32(24-62-50)54(58,59)60)38-20-42-40(46-14-26(2)10-30-12-28(4)16-48(42)52(30)46)18-34(38)36(35)22-43(37)49-7-5-31(23-61-49)53(55,56)57/h5-24H,1-4H3. The van der Waals surface area contributed by atoms with E-state index < -0.39 is 23.5 Å².